The summed E-state index contributed by atoms with van der Waals surface area (Å²) in [5, 5.41) is 0. The zero-order valence-electron chi connectivity index (χ0n) is 28.5. The van der Waals surface area contributed by atoms with Crippen molar-refractivity contribution in [2.24, 2.45) is 11.8 Å². The maximum Gasteiger partial charge on any atom is 0.472 e. The van der Waals surface area contributed by atoms with E-state index in [4.69, 9.17) is 9.05 Å². The maximum atomic E-state index is 12.9. The third-order valence-corrected chi connectivity index (χ3v) is 9.76. The number of phosphoric ester groups is 1. The summed E-state index contributed by atoms with van der Waals surface area (Å²) < 4.78 is 24.3. The van der Waals surface area contributed by atoms with Crippen molar-refractivity contribution in [3.8, 4) is 0 Å². The minimum atomic E-state index is -4.02. The van der Waals surface area contributed by atoms with Crippen molar-refractivity contribution in [3.63, 3.8) is 0 Å². The van der Waals surface area contributed by atoms with Gasteiger partial charge in [-0.3, -0.25) is 9.05 Å². The fourth-order valence-electron chi connectivity index (χ4n) is 5.91. The van der Waals surface area contributed by atoms with Crippen LogP contribution in [-0.2, 0) is 13.6 Å². The first-order chi connectivity index (χ1) is 20.0. The predicted molar refractivity (Wildman–Crippen MR) is 181 cm³/mol. The van der Waals surface area contributed by atoms with Crippen LogP contribution in [-0.4, -0.2) is 18.1 Å². The Labute approximate surface area is 258 Å². The van der Waals surface area contributed by atoms with Gasteiger partial charge in [0.25, 0.3) is 0 Å². The van der Waals surface area contributed by atoms with Gasteiger partial charge in [-0.15, -0.1) is 0 Å². The van der Waals surface area contributed by atoms with E-state index in [1.54, 1.807) is 0 Å². The van der Waals surface area contributed by atoms with Crippen LogP contribution < -0.4 is 0 Å². The Morgan fingerprint density at radius 3 is 0.878 bits per heavy atom. The molecule has 1 N–H and O–H groups in total. The van der Waals surface area contributed by atoms with Crippen LogP contribution in [0.2, 0.25) is 0 Å². The molecule has 0 bridgehead atoms. The summed E-state index contributed by atoms with van der Waals surface area (Å²) >= 11 is 0. The largest absolute Gasteiger partial charge is 0.472 e. The highest BCUT2D eigenvalue weighted by Crippen LogP contribution is 2.45. The predicted octanol–water partition coefficient (Wildman–Crippen LogP) is 13.4. The van der Waals surface area contributed by atoms with Crippen LogP contribution in [0.4, 0.5) is 0 Å². The van der Waals surface area contributed by atoms with E-state index in [-0.39, 0.29) is 0 Å². The molecule has 0 aliphatic heterocycles. The molecule has 0 unspecified atom stereocenters. The lowest BCUT2D eigenvalue weighted by molar-refractivity contribution is 0.107. The van der Waals surface area contributed by atoms with E-state index in [1.165, 1.54) is 154 Å². The van der Waals surface area contributed by atoms with Gasteiger partial charge in [-0.25, -0.2) is 4.57 Å². The van der Waals surface area contributed by atoms with E-state index in [0.717, 1.165) is 25.7 Å². The van der Waals surface area contributed by atoms with Crippen molar-refractivity contribution in [2.45, 2.75) is 207 Å². The van der Waals surface area contributed by atoms with Gasteiger partial charge in [0.05, 0.1) is 13.2 Å². The molecule has 0 aromatic heterocycles. The minimum absolute atomic E-state index is 0.358. The molecule has 0 aliphatic rings. The van der Waals surface area contributed by atoms with E-state index in [9.17, 15) is 9.46 Å². The fraction of sp³-hybridized carbons (Fsp3) is 1.00. The third-order valence-electron chi connectivity index (χ3n) is 8.81. The zero-order chi connectivity index (χ0) is 30.3. The molecule has 41 heavy (non-hydrogen) atoms. The summed E-state index contributed by atoms with van der Waals surface area (Å²) in [4.78, 5) is 10.6. The Morgan fingerprint density at radius 1 is 0.415 bits per heavy atom. The molecular weight excluding hydrogens is 527 g/mol. The van der Waals surface area contributed by atoms with Crippen molar-refractivity contribution in [2.75, 3.05) is 13.2 Å². The Bertz CT molecular complexity index is 480. The second-order valence-corrected chi connectivity index (χ2v) is 14.5. The van der Waals surface area contributed by atoms with E-state index in [1.807, 2.05) is 0 Å². The average molecular weight is 603 g/mol. The van der Waals surface area contributed by atoms with Gasteiger partial charge in [0, 0.05) is 0 Å². The monoisotopic (exact) mass is 603 g/mol. The summed E-state index contributed by atoms with van der Waals surface area (Å²) in [5.41, 5.74) is 0. The molecule has 5 heteroatoms. The summed E-state index contributed by atoms with van der Waals surface area (Å²) in [6, 6.07) is 0. The Balaban J connectivity index is 4.67. The van der Waals surface area contributed by atoms with Gasteiger partial charge in [-0.1, -0.05) is 182 Å². The molecule has 248 valence electrons. The molecule has 0 spiro atoms. The lowest BCUT2D eigenvalue weighted by atomic mass is 9.95. The summed E-state index contributed by atoms with van der Waals surface area (Å²) in [6.45, 7) is 9.75. The van der Waals surface area contributed by atoms with Crippen LogP contribution in [0, 0.1) is 11.8 Å². The lowest BCUT2D eigenvalue weighted by Crippen LogP contribution is -2.13. The first kappa shape index (κ1) is 41.1. The highest BCUT2D eigenvalue weighted by Gasteiger charge is 2.25. The van der Waals surface area contributed by atoms with Crippen molar-refractivity contribution in [1.29, 1.82) is 0 Å². The lowest BCUT2D eigenvalue weighted by Gasteiger charge is -2.22. The first-order valence-electron chi connectivity index (χ1n) is 18.6. The Hall–Kier alpha value is 0.110. The standard InChI is InChI=1S/C36H75O4P/c1-5-9-13-17-21-25-29-35(30-26-22-18-14-10-6-2)33-39-41(37,38)40-34-36(31-27-23-19-15-11-7-3)32-28-24-20-16-12-8-4/h35-36H,5-34H2,1-4H3,(H,37,38). The topological polar surface area (TPSA) is 55.8 Å². The normalized spacial score (nSPS) is 12.3. The molecule has 0 atom stereocenters. The average Bonchev–Trinajstić information content (AvgIpc) is 2.96. The Kier molecular flexibility index (Phi) is 31.6. The van der Waals surface area contributed by atoms with Gasteiger partial charge in [0.1, 0.15) is 0 Å². The van der Waals surface area contributed by atoms with Crippen LogP contribution >= 0.6 is 7.82 Å². The van der Waals surface area contributed by atoms with E-state index < -0.39 is 7.82 Å². The van der Waals surface area contributed by atoms with Crippen LogP contribution in [0.25, 0.3) is 0 Å². The van der Waals surface area contributed by atoms with E-state index in [2.05, 4.69) is 27.7 Å². The van der Waals surface area contributed by atoms with Crippen LogP contribution in [0.15, 0.2) is 0 Å². The second kappa shape index (κ2) is 31.5. The molecule has 0 aromatic rings. The third kappa shape index (κ3) is 29.9. The quantitative estimate of drug-likeness (QED) is 0.0588. The summed E-state index contributed by atoms with van der Waals surface area (Å²) in [7, 11) is -4.02. The van der Waals surface area contributed by atoms with Crippen molar-refractivity contribution in [1.82, 2.24) is 0 Å². The van der Waals surface area contributed by atoms with E-state index >= 15 is 0 Å². The first-order valence-corrected chi connectivity index (χ1v) is 20.1. The number of unbranched alkanes of at least 4 members (excludes halogenated alkanes) is 20. The van der Waals surface area contributed by atoms with Gasteiger partial charge < -0.3 is 4.89 Å². The fourth-order valence-corrected chi connectivity index (χ4v) is 6.78. The Morgan fingerprint density at radius 2 is 0.634 bits per heavy atom. The molecule has 0 radical (unpaired) electrons. The maximum absolute atomic E-state index is 12.9. The van der Waals surface area contributed by atoms with Crippen molar-refractivity contribution < 1.29 is 18.5 Å². The molecule has 0 amide bonds. The van der Waals surface area contributed by atoms with Crippen LogP contribution in [0.5, 0.6) is 0 Å². The number of hydrogen-bond acceptors (Lipinski definition) is 3. The van der Waals surface area contributed by atoms with Gasteiger partial charge in [0.2, 0.25) is 0 Å². The molecule has 4 nitrogen and oxygen atoms in total. The molecular formula is C36H75O4P. The van der Waals surface area contributed by atoms with Crippen LogP contribution in [0.3, 0.4) is 0 Å². The molecule has 0 rings (SSSR count). The van der Waals surface area contributed by atoms with Gasteiger partial charge in [-0.2, -0.15) is 0 Å². The zero-order valence-corrected chi connectivity index (χ0v) is 29.4. The van der Waals surface area contributed by atoms with Gasteiger partial charge in [-0.05, 0) is 37.5 Å². The summed E-state index contributed by atoms with van der Waals surface area (Å²) in [5.74, 6) is 0.719. The van der Waals surface area contributed by atoms with E-state index in [0.29, 0.717) is 25.0 Å². The number of rotatable bonds is 34. The molecule has 0 aromatic carbocycles. The van der Waals surface area contributed by atoms with Crippen molar-refractivity contribution >= 4 is 7.82 Å². The number of phosphoric acid groups is 1. The van der Waals surface area contributed by atoms with Crippen LogP contribution in [0.1, 0.15) is 207 Å². The smallest absolute Gasteiger partial charge is 0.302 e. The van der Waals surface area contributed by atoms with Crippen molar-refractivity contribution in [3.05, 3.63) is 0 Å². The highest BCUT2D eigenvalue weighted by atomic mass is 31.2. The second-order valence-electron chi connectivity index (χ2n) is 13.0. The summed E-state index contributed by atoms with van der Waals surface area (Å²) in [6.07, 6.45) is 35.2. The SMILES string of the molecule is CCCCCCCCC(CCCCCCCC)COP(=O)(O)OCC(CCCCCCCC)CCCCCCCC. The number of hydrogen-bond donors (Lipinski definition) is 1. The molecule has 0 saturated heterocycles. The molecule has 0 heterocycles. The molecule has 0 fully saturated rings. The molecule has 0 saturated carbocycles. The van der Waals surface area contributed by atoms with Gasteiger partial charge in [0.15, 0.2) is 0 Å². The van der Waals surface area contributed by atoms with Gasteiger partial charge >= 0.3 is 7.82 Å². The molecule has 0 aliphatic carbocycles. The highest BCUT2D eigenvalue weighted by molar-refractivity contribution is 7.47. The minimum Gasteiger partial charge on any atom is -0.302 e.